The molecular formula is C19H26N2. The van der Waals surface area contributed by atoms with E-state index in [9.17, 15) is 0 Å². The van der Waals surface area contributed by atoms with E-state index < -0.39 is 0 Å². The minimum absolute atomic E-state index is 0.0684. The van der Waals surface area contributed by atoms with Crippen LogP contribution >= 0.6 is 0 Å². The van der Waals surface area contributed by atoms with E-state index in [-0.39, 0.29) is 11.6 Å². The van der Waals surface area contributed by atoms with Crippen LogP contribution in [-0.2, 0) is 0 Å². The molecule has 21 heavy (non-hydrogen) atoms. The van der Waals surface area contributed by atoms with Crippen molar-refractivity contribution < 1.29 is 0 Å². The van der Waals surface area contributed by atoms with Gasteiger partial charge in [0.1, 0.15) is 0 Å². The molecule has 0 saturated heterocycles. The van der Waals surface area contributed by atoms with Gasteiger partial charge in [-0.2, -0.15) is 0 Å². The molecule has 1 aliphatic rings. The van der Waals surface area contributed by atoms with Gasteiger partial charge < -0.3 is 10.6 Å². The third-order valence-corrected chi connectivity index (χ3v) is 5.35. The summed E-state index contributed by atoms with van der Waals surface area (Å²) < 4.78 is 0. The smallest absolute Gasteiger partial charge is 0.0488 e. The molecule has 0 aromatic heterocycles. The zero-order valence-electron chi connectivity index (χ0n) is 13.2. The molecule has 0 aliphatic heterocycles. The van der Waals surface area contributed by atoms with Gasteiger partial charge in [-0.05, 0) is 43.3 Å². The van der Waals surface area contributed by atoms with Crippen molar-refractivity contribution in [2.75, 3.05) is 14.1 Å². The van der Waals surface area contributed by atoms with Crippen LogP contribution in [0.4, 0.5) is 0 Å². The molecule has 1 fully saturated rings. The second-order valence-electron chi connectivity index (χ2n) is 6.60. The Balaban J connectivity index is 2.08. The highest BCUT2D eigenvalue weighted by Gasteiger charge is 2.40. The summed E-state index contributed by atoms with van der Waals surface area (Å²) in [5, 5.41) is 2.59. The van der Waals surface area contributed by atoms with Crippen LogP contribution < -0.4 is 5.73 Å². The van der Waals surface area contributed by atoms with Crippen molar-refractivity contribution >= 4 is 10.8 Å². The van der Waals surface area contributed by atoms with Crippen LogP contribution in [0.3, 0.4) is 0 Å². The first-order valence-electron chi connectivity index (χ1n) is 8.06. The summed E-state index contributed by atoms with van der Waals surface area (Å²) in [7, 11) is 4.38. The fourth-order valence-corrected chi connectivity index (χ4v) is 4.01. The fraction of sp³-hybridized carbons (Fsp3) is 0.474. The molecule has 1 saturated carbocycles. The largest absolute Gasteiger partial charge is 0.322 e. The lowest BCUT2D eigenvalue weighted by Crippen LogP contribution is -2.53. The first-order chi connectivity index (χ1) is 10.1. The lowest BCUT2D eigenvalue weighted by Gasteiger charge is -2.47. The molecule has 1 unspecified atom stereocenters. The topological polar surface area (TPSA) is 29.3 Å². The van der Waals surface area contributed by atoms with Crippen molar-refractivity contribution in [1.29, 1.82) is 0 Å². The average Bonchev–Trinajstić information content (AvgIpc) is 2.54. The van der Waals surface area contributed by atoms with Crippen LogP contribution in [0.15, 0.2) is 42.5 Å². The van der Waals surface area contributed by atoms with Gasteiger partial charge in [-0.3, -0.25) is 0 Å². The SMILES string of the molecule is CN(C)C1(C(N)c2cccc3ccccc23)CCCCC1. The lowest BCUT2D eigenvalue weighted by atomic mass is 9.73. The number of likely N-dealkylation sites (N-methyl/N-ethyl adjacent to an activating group) is 1. The van der Waals surface area contributed by atoms with Crippen LogP contribution in [0.5, 0.6) is 0 Å². The molecular weight excluding hydrogens is 256 g/mol. The third kappa shape index (κ3) is 2.47. The monoisotopic (exact) mass is 282 g/mol. The average molecular weight is 282 g/mol. The number of fused-ring (bicyclic) bond motifs is 1. The molecule has 2 aromatic carbocycles. The number of hydrogen-bond acceptors (Lipinski definition) is 2. The summed E-state index contributed by atoms with van der Waals surface area (Å²) in [6.45, 7) is 0. The Morgan fingerprint density at radius 2 is 1.62 bits per heavy atom. The van der Waals surface area contributed by atoms with E-state index in [4.69, 9.17) is 5.73 Å². The molecule has 0 spiro atoms. The zero-order chi connectivity index (χ0) is 14.9. The zero-order valence-corrected chi connectivity index (χ0v) is 13.2. The molecule has 0 bridgehead atoms. The second kappa shape index (κ2) is 5.78. The van der Waals surface area contributed by atoms with E-state index in [0.29, 0.717) is 0 Å². The number of rotatable bonds is 3. The lowest BCUT2D eigenvalue weighted by molar-refractivity contribution is 0.0718. The van der Waals surface area contributed by atoms with Gasteiger partial charge in [-0.25, -0.2) is 0 Å². The standard InChI is InChI=1S/C19H26N2/c1-21(2)19(13-6-3-7-14-19)18(20)17-12-8-10-15-9-4-5-11-16(15)17/h4-5,8-12,18H,3,6-7,13-14,20H2,1-2H3. The Bertz CT molecular complexity index is 606. The Labute approximate surface area is 127 Å². The first-order valence-corrected chi connectivity index (χ1v) is 8.06. The molecule has 0 radical (unpaired) electrons. The number of benzene rings is 2. The van der Waals surface area contributed by atoms with Crippen LogP contribution in [-0.4, -0.2) is 24.5 Å². The number of nitrogens with zero attached hydrogens (tertiary/aromatic N) is 1. The van der Waals surface area contributed by atoms with Crippen LogP contribution in [0.1, 0.15) is 43.7 Å². The Hall–Kier alpha value is -1.38. The van der Waals surface area contributed by atoms with Crippen molar-refractivity contribution in [3.63, 3.8) is 0 Å². The van der Waals surface area contributed by atoms with Crippen molar-refractivity contribution in [2.24, 2.45) is 5.73 Å². The van der Waals surface area contributed by atoms with Gasteiger partial charge in [0, 0.05) is 11.6 Å². The fourth-order valence-electron chi connectivity index (χ4n) is 4.01. The maximum atomic E-state index is 6.83. The van der Waals surface area contributed by atoms with E-state index in [1.54, 1.807) is 0 Å². The predicted molar refractivity (Wildman–Crippen MR) is 90.4 cm³/mol. The minimum Gasteiger partial charge on any atom is -0.322 e. The van der Waals surface area contributed by atoms with Crippen LogP contribution in [0.25, 0.3) is 10.8 Å². The highest BCUT2D eigenvalue weighted by atomic mass is 15.2. The molecule has 0 amide bonds. The molecule has 0 heterocycles. The van der Waals surface area contributed by atoms with Gasteiger partial charge in [0.05, 0.1) is 0 Å². The van der Waals surface area contributed by atoms with E-state index in [2.05, 4.69) is 61.5 Å². The second-order valence-corrected chi connectivity index (χ2v) is 6.60. The molecule has 2 nitrogen and oxygen atoms in total. The van der Waals surface area contributed by atoms with Crippen molar-refractivity contribution in [1.82, 2.24) is 4.90 Å². The minimum atomic E-state index is 0.0684. The van der Waals surface area contributed by atoms with Gasteiger partial charge in [0.25, 0.3) is 0 Å². The summed E-state index contributed by atoms with van der Waals surface area (Å²) in [4.78, 5) is 2.37. The number of hydrogen-bond donors (Lipinski definition) is 1. The van der Waals surface area contributed by atoms with Gasteiger partial charge >= 0.3 is 0 Å². The van der Waals surface area contributed by atoms with E-state index in [0.717, 1.165) is 0 Å². The van der Waals surface area contributed by atoms with Crippen LogP contribution in [0, 0.1) is 0 Å². The Kier molecular flexibility index (Phi) is 4.01. The van der Waals surface area contributed by atoms with Crippen molar-refractivity contribution in [3.8, 4) is 0 Å². The molecule has 2 N–H and O–H groups in total. The van der Waals surface area contributed by atoms with E-state index >= 15 is 0 Å². The van der Waals surface area contributed by atoms with Crippen molar-refractivity contribution in [3.05, 3.63) is 48.0 Å². The van der Waals surface area contributed by atoms with Crippen LogP contribution in [0.2, 0.25) is 0 Å². The summed E-state index contributed by atoms with van der Waals surface area (Å²) in [5.41, 5.74) is 8.22. The molecule has 2 heteroatoms. The number of nitrogens with two attached hydrogens (primary N) is 1. The Morgan fingerprint density at radius 1 is 0.952 bits per heavy atom. The summed E-state index contributed by atoms with van der Waals surface area (Å²) >= 11 is 0. The molecule has 2 aromatic rings. The highest BCUT2D eigenvalue weighted by molar-refractivity contribution is 5.86. The van der Waals surface area contributed by atoms with E-state index in [1.165, 1.54) is 48.4 Å². The molecule has 112 valence electrons. The summed E-state index contributed by atoms with van der Waals surface area (Å²) in [6, 6.07) is 15.2. The molecule has 1 aliphatic carbocycles. The van der Waals surface area contributed by atoms with Gasteiger partial charge in [0.15, 0.2) is 0 Å². The van der Waals surface area contributed by atoms with Gasteiger partial charge in [-0.1, -0.05) is 61.7 Å². The highest BCUT2D eigenvalue weighted by Crippen LogP contribution is 2.42. The van der Waals surface area contributed by atoms with Crippen molar-refractivity contribution in [2.45, 2.75) is 43.7 Å². The third-order valence-electron chi connectivity index (χ3n) is 5.35. The maximum Gasteiger partial charge on any atom is 0.0488 e. The Morgan fingerprint density at radius 3 is 2.33 bits per heavy atom. The quantitative estimate of drug-likeness (QED) is 0.918. The van der Waals surface area contributed by atoms with Gasteiger partial charge in [-0.15, -0.1) is 0 Å². The van der Waals surface area contributed by atoms with Gasteiger partial charge in [0.2, 0.25) is 0 Å². The molecule has 1 atom stereocenters. The van der Waals surface area contributed by atoms with E-state index in [1.807, 2.05) is 0 Å². The summed E-state index contributed by atoms with van der Waals surface area (Å²) in [5.74, 6) is 0. The summed E-state index contributed by atoms with van der Waals surface area (Å²) in [6.07, 6.45) is 6.32. The molecule has 3 rings (SSSR count). The maximum absolute atomic E-state index is 6.83. The normalized spacial score (nSPS) is 19.8. The first kappa shape index (κ1) is 14.6. The predicted octanol–water partition coefficient (Wildman–Crippen LogP) is 4.10.